The molecule has 16 heteroatoms. The standard InChI is InChI=1S/C36H55F3O12S/c1-20-8-10-26-22(3)32(7,46-28-33(26)24(20)12-14-30(5,44-28)48-50-33)42-16-18-52(40,41)19-17-43-35(36(37,38)39)23(4)27-11-9-21(2)25-13-15-31(6)45-29(47-35)34(25,27)51-49-31/h20-29H,8-19H2,1-7H3/t20-,21-,22-,23-,24+,25+,26+,27+,28+,29+,30-,31+,32+,33-,34-,35-/m1/s1. The number of hydrogen-bond acceptors (Lipinski definition) is 12. The van der Waals surface area contributed by atoms with Crippen LogP contribution in [0.3, 0.4) is 0 Å². The second kappa shape index (κ2) is 12.4. The van der Waals surface area contributed by atoms with Crippen LogP contribution in [0.2, 0.25) is 0 Å². The third-order valence-electron chi connectivity index (χ3n) is 14.7. The summed E-state index contributed by atoms with van der Waals surface area (Å²) in [7, 11) is -3.94. The Morgan fingerprint density at radius 1 is 0.615 bits per heavy atom. The van der Waals surface area contributed by atoms with Gasteiger partial charge >= 0.3 is 6.18 Å². The molecule has 2 spiro atoms. The summed E-state index contributed by atoms with van der Waals surface area (Å²) < 4.78 is 109. The summed E-state index contributed by atoms with van der Waals surface area (Å²) in [6.07, 6.45) is -1.63. The van der Waals surface area contributed by atoms with Crippen LogP contribution in [0.5, 0.6) is 0 Å². The Balaban J connectivity index is 0.944. The zero-order chi connectivity index (χ0) is 37.3. The van der Waals surface area contributed by atoms with Crippen molar-refractivity contribution in [2.75, 3.05) is 24.7 Å². The van der Waals surface area contributed by atoms with Gasteiger partial charge in [-0.05, 0) is 83.0 Å². The lowest BCUT2D eigenvalue weighted by atomic mass is 9.57. The summed E-state index contributed by atoms with van der Waals surface area (Å²) in [5, 5.41) is 0. The average molecular weight is 769 g/mol. The van der Waals surface area contributed by atoms with Crippen LogP contribution in [0.4, 0.5) is 13.2 Å². The van der Waals surface area contributed by atoms with Crippen molar-refractivity contribution >= 4 is 9.84 Å². The number of fused-ring (bicyclic) bond motifs is 4. The number of sulfone groups is 1. The van der Waals surface area contributed by atoms with Gasteiger partial charge in [0.2, 0.25) is 11.6 Å². The van der Waals surface area contributed by atoms with Crippen molar-refractivity contribution < 1.29 is 69.6 Å². The Morgan fingerprint density at radius 2 is 1.10 bits per heavy atom. The Bertz CT molecular complexity index is 1500. The highest BCUT2D eigenvalue weighted by molar-refractivity contribution is 7.91. The topological polar surface area (TPSA) is 126 Å². The van der Waals surface area contributed by atoms with Gasteiger partial charge in [0.1, 0.15) is 0 Å². The first-order chi connectivity index (χ1) is 24.2. The Labute approximate surface area is 304 Å². The van der Waals surface area contributed by atoms with Crippen LogP contribution in [0, 0.1) is 47.3 Å². The molecule has 10 aliphatic rings. The molecule has 4 bridgehead atoms. The minimum atomic E-state index is -5.00. The zero-order valence-corrected chi connectivity index (χ0v) is 32.0. The van der Waals surface area contributed by atoms with Crippen molar-refractivity contribution in [3.63, 3.8) is 0 Å². The van der Waals surface area contributed by atoms with Crippen molar-refractivity contribution in [2.24, 2.45) is 47.3 Å². The molecule has 2 aliphatic carbocycles. The van der Waals surface area contributed by atoms with E-state index in [0.717, 1.165) is 19.3 Å². The van der Waals surface area contributed by atoms with E-state index in [2.05, 4.69) is 13.8 Å². The minimum absolute atomic E-state index is 0.0323. The van der Waals surface area contributed by atoms with Crippen LogP contribution in [0.15, 0.2) is 0 Å². The molecule has 298 valence electrons. The molecule has 0 radical (unpaired) electrons. The molecular formula is C36H55F3O12S. The second-order valence-corrected chi connectivity index (χ2v) is 20.0. The molecule has 10 rings (SSSR count). The fourth-order valence-corrected chi connectivity index (χ4v) is 12.4. The van der Waals surface area contributed by atoms with Gasteiger partial charge in [-0.3, -0.25) is 0 Å². The quantitative estimate of drug-likeness (QED) is 0.262. The minimum Gasteiger partial charge on any atom is -0.349 e. The van der Waals surface area contributed by atoms with Crippen molar-refractivity contribution in [1.82, 2.24) is 0 Å². The summed E-state index contributed by atoms with van der Waals surface area (Å²) in [5.74, 6) is -9.31. The first-order valence-electron chi connectivity index (χ1n) is 19.2. The zero-order valence-electron chi connectivity index (χ0n) is 31.2. The largest absolute Gasteiger partial charge is 0.443 e. The first-order valence-corrected chi connectivity index (χ1v) is 21.1. The van der Waals surface area contributed by atoms with Gasteiger partial charge in [-0.25, -0.2) is 28.0 Å². The fourth-order valence-electron chi connectivity index (χ4n) is 11.5. The maximum atomic E-state index is 15.2. The highest BCUT2D eigenvalue weighted by Gasteiger charge is 2.77. The molecule has 0 aromatic carbocycles. The molecule has 8 heterocycles. The van der Waals surface area contributed by atoms with Crippen molar-refractivity contribution in [3.8, 4) is 0 Å². The Morgan fingerprint density at radius 3 is 1.62 bits per heavy atom. The molecule has 2 saturated carbocycles. The van der Waals surface area contributed by atoms with E-state index in [4.69, 9.17) is 48.0 Å². The second-order valence-electron chi connectivity index (χ2n) is 17.7. The van der Waals surface area contributed by atoms with E-state index in [-0.39, 0.29) is 36.2 Å². The van der Waals surface area contributed by atoms with Gasteiger partial charge in [-0.15, -0.1) is 0 Å². The maximum absolute atomic E-state index is 15.2. The number of rotatable bonds is 8. The van der Waals surface area contributed by atoms with Crippen LogP contribution in [0.25, 0.3) is 0 Å². The van der Waals surface area contributed by atoms with Gasteiger partial charge in [0, 0.05) is 36.5 Å². The van der Waals surface area contributed by atoms with Gasteiger partial charge in [-0.1, -0.05) is 27.7 Å². The number of alkyl halides is 3. The summed E-state index contributed by atoms with van der Waals surface area (Å²) >= 11 is 0. The van der Waals surface area contributed by atoms with Gasteiger partial charge < -0.3 is 28.4 Å². The summed E-state index contributed by atoms with van der Waals surface area (Å²) in [6.45, 7) is 12.0. The molecule has 8 saturated heterocycles. The lowest BCUT2D eigenvalue weighted by molar-refractivity contribution is -0.598. The fraction of sp³-hybridized carbons (Fsp3) is 1.00. The Hall–Kier alpha value is -0.660. The van der Waals surface area contributed by atoms with Crippen LogP contribution in [-0.4, -0.2) is 86.2 Å². The van der Waals surface area contributed by atoms with Gasteiger partial charge in [-0.2, -0.15) is 13.2 Å². The molecule has 8 aliphatic heterocycles. The van der Waals surface area contributed by atoms with Gasteiger partial charge in [0.15, 0.2) is 39.4 Å². The molecule has 0 amide bonds. The molecule has 12 nitrogen and oxygen atoms in total. The molecule has 10 fully saturated rings. The summed E-state index contributed by atoms with van der Waals surface area (Å²) in [5.41, 5.74) is -2.04. The highest BCUT2D eigenvalue weighted by Crippen LogP contribution is 2.65. The molecule has 0 aromatic heterocycles. The van der Waals surface area contributed by atoms with E-state index < -0.39 is 92.9 Å². The van der Waals surface area contributed by atoms with E-state index >= 15 is 13.2 Å². The molecule has 52 heavy (non-hydrogen) atoms. The summed E-state index contributed by atoms with van der Waals surface area (Å²) in [4.78, 5) is 23.8. The van der Waals surface area contributed by atoms with Crippen molar-refractivity contribution in [1.29, 1.82) is 0 Å². The highest BCUT2D eigenvalue weighted by atomic mass is 32.2. The lowest BCUT2D eigenvalue weighted by Gasteiger charge is -2.62. The van der Waals surface area contributed by atoms with Crippen LogP contribution in [0.1, 0.15) is 99.8 Å². The van der Waals surface area contributed by atoms with Crippen molar-refractivity contribution in [3.05, 3.63) is 0 Å². The summed E-state index contributed by atoms with van der Waals surface area (Å²) in [6, 6.07) is 0. The normalized spacial score (nSPS) is 54.2. The smallest absolute Gasteiger partial charge is 0.349 e. The third-order valence-corrected chi connectivity index (χ3v) is 16.3. The van der Waals surface area contributed by atoms with Crippen LogP contribution < -0.4 is 0 Å². The van der Waals surface area contributed by atoms with E-state index in [1.165, 1.54) is 6.92 Å². The SMILES string of the molecule is C[C@@H]1CC[C@H]2[C@@H](C)[C@@](C)(OCCS(=O)(=O)CCO[C@@]3(C(F)(F)F)O[C@@H]4O[C@]5(C)CC[C@H]6[C@H](C)CC[C@@H]([C@H]3C)[C@@]46OO5)O[C@@H]3O[C@@]4(C)CC[C@@H]1[C@]32OO4. The predicted octanol–water partition coefficient (Wildman–Crippen LogP) is 6.17. The van der Waals surface area contributed by atoms with Crippen LogP contribution >= 0.6 is 0 Å². The van der Waals surface area contributed by atoms with E-state index in [1.807, 2.05) is 13.8 Å². The number of halogens is 3. The number of ether oxygens (including phenoxy) is 6. The molecule has 0 unspecified atom stereocenters. The molecule has 0 aromatic rings. The van der Waals surface area contributed by atoms with Crippen molar-refractivity contribution in [2.45, 2.75) is 153 Å². The number of hydrogen-bond donors (Lipinski definition) is 0. The van der Waals surface area contributed by atoms with Crippen LogP contribution in [-0.2, 0) is 57.8 Å². The third kappa shape index (κ3) is 5.53. The average Bonchev–Trinajstić information content (AvgIpc) is 3.43. The lowest BCUT2D eigenvalue weighted by Crippen LogP contribution is -2.76. The first kappa shape index (κ1) is 38.2. The molecule has 16 atom stereocenters. The molecular weight excluding hydrogens is 713 g/mol. The van der Waals surface area contributed by atoms with E-state index in [1.54, 1.807) is 13.8 Å². The molecule has 0 N–H and O–H groups in total. The van der Waals surface area contributed by atoms with Gasteiger partial charge in [0.05, 0.1) is 24.7 Å². The predicted molar refractivity (Wildman–Crippen MR) is 174 cm³/mol. The van der Waals surface area contributed by atoms with E-state index in [9.17, 15) is 8.42 Å². The van der Waals surface area contributed by atoms with Gasteiger partial charge in [0.25, 0.3) is 5.79 Å². The van der Waals surface area contributed by atoms with E-state index in [0.29, 0.717) is 38.0 Å². The maximum Gasteiger partial charge on any atom is 0.443 e. The monoisotopic (exact) mass is 768 g/mol. The Kier molecular flexibility index (Phi) is 9.13.